The fourth-order valence-electron chi connectivity index (χ4n) is 2.75. The zero-order chi connectivity index (χ0) is 22.4. The number of hydrogen-bond donors (Lipinski definition) is 2. The second-order valence-electron chi connectivity index (χ2n) is 6.65. The van der Waals surface area contributed by atoms with E-state index >= 15 is 0 Å². The zero-order valence-electron chi connectivity index (χ0n) is 16.9. The van der Waals surface area contributed by atoms with E-state index in [1.54, 1.807) is 24.3 Å². The maximum Gasteiger partial charge on any atom is 0.262 e. The Balaban J connectivity index is 1.61. The lowest BCUT2D eigenvalue weighted by molar-refractivity contribution is -0.118. The first-order valence-electron chi connectivity index (χ1n) is 9.29. The number of carbonyl (C=O) groups is 2. The maximum absolute atomic E-state index is 13.3. The molecule has 0 saturated carbocycles. The molecule has 0 spiro atoms. The Kier molecular flexibility index (Phi) is 7.10. The number of methoxy groups -OCH3 is 1. The number of nitrogens with one attached hydrogen (secondary N) is 2. The standard InChI is InChI=1S/C23H20ClFN2O4/c1-14-6-9-20(21(10-14)30-2)31-13-22(28)26-16-5-3-4-15(11-16)23(29)27-17-7-8-19(25)18(24)12-17/h3-12H,13H2,1-2H3,(H,26,28)(H,27,29). The van der Waals surface area contributed by atoms with E-state index < -0.39 is 17.6 Å². The smallest absolute Gasteiger partial charge is 0.262 e. The Bertz CT molecular complexity index is 1120. The molecule has 3 rings (SSSR count). The van der Waals surface area contributed by atoms with E-state index in [0.717, 1.165) is 11.6 Å². The summed E-state index contributed by atoms with van der Waals surface area (Å²) in [4.78, 5) is 24.7. The van der Waals surface area contributed by atoms with E-state index in [9.17, 15) is 14.0 Å². The van der Waals surface area contributed by atoms with Gasteiger partial charge < -0.3 is 20.1 Å². The van der Waals surface area contributed by atoms with Crippen molar-refractivity contribution in [3.63, 3.8) is 0 Å². The third kappa shape index (κ3) is 5.96. The van der Waals surface area contributed by atoms with Gasteiger partial charge in [-0.05, 0) is 61.0 Å². The summed E-state index contributed by atoms with van der Waals surface area (Å²) in [5, 5.41) is 5.22. The van der Waals surface area contributed by atoms with Crippen LogP contribution in [0.2, 0.25) is 5.02 Å². The number of hydrogen-bond acceptors (Lipinski definition) is 4. The van der Waals surface area contributed by atoms with Gasteiger partial charge in [-0.2, -0.15) is 0 Å². The molecule has 0 aromatic heterocycles. The van der Waals surface area contributed by atoms with E-state index in [2.05, 4.69) is 10.6 Å². The van der Waals surface area contributed by atoms with Crippen LogP contribution in [0.15, 0.2) is 60.7 Å². The Morgan fingerprint density at radius 3 is 2.48 bits per heavy atom. The lowest BCUT2D eigenvalue weighted by Crippen LogP contribution is -2.20. The molecule has 0 aliphatic carbocycles. The van der Waals surface area contributed by atoms with Crippen LogP contribution in [0.25, 0.3) is 0 Å². The molecule has 0 heterocycles. The Morgan fingerprint density at radius 2 is 1.74 bits per heavy atom. The van der Waals surface area contributed by atoms with Gasteiger partial charge in [0.2, 0.25) is 0 Å². The highest BCUT2D eigenvalue weighted by Gasteiger charge is 2.11. The van der Waals surface area contributed by atoms with Crippen LogP contribution in [0.5, 0.6) is 11.5 Å². The van der Waals surface area contributed by atoms with Crippen molar-refractivity contribution in [1.82, 2.24) is 0 Å². The van der Waals surface area contributed by atoms with Crippen molar-refractivity contribution in [3.05, 3.63) is 82.6 Å². The van der Waals surface area contributed by atoms with Crippen molar-refractivity contribution < 1.29 is 23.5 Å². The third-order valence-electron chi connectivity index (χ3n) is 4.26. The summed E-state index contributed by atoms with van der Waals surface area (Å²) in [7, 11) is 1.53. The Labute approximate surface area is 183 Å². The highest BCUT2D eigenvalue weighted by Crippen LogP contribution is 2.27. The second-order valence-corrected chi connectivity index (χ2v) is 7.06. The van der Waals surface area contributed by atoms with Gasteiger partial charge in [-0.25, -0.2) is 4.39 Å². The van der Waals surface area contributed by atoms with Crippen LogP contribution in [0.1, 0.15) is 15.9 Å². The molecular formula is C23H20ClFN2O4. The van der Waals surface area contributed by atoms with Crippen LogP contribution in [-0.2, 0) is 4.79 Å². The first-order chi connectivity index (χ1) is 14.9. The molecule has 8 heteroatoms. The molecule has 0 atom stereocenters. The highest BCUT2D eigenvalue weighted by molar-refractivity contribution is 6.31. The summed E-state index contributed by atoms with van der Waals surface area (Å²) in [5.41, 5.74) is 2.09. The number of rotatable bonds is 7. The van der Waals surface area contributed by atoms with E-state index in [4.69, 9.17) is 21.1 Å². The molecule has 0 aliphatic rings. The number of aryl methyl sites for hydroxylation is 1. The van der Waals surface area contributed by atoms with Gasteiger partial charge in [0, 0.05) is 16.9 Å². The molecular weight excluding hydrogens is 423 g/mol. The molecule has 0 bridgehead atoms. The molecule has 160 valence electrons. The topological polar surface area (TPSA) is 76.7 Å². The van der Waals surface area contributed by atoms with Crippen molar-refractivity contribution in [2.45, 2.75) is 6.92 Å². The van der Waals surface area contributed by atoms with Crippen molar-refractivity contribution in [2.75, 3.05) is 24.4 Å². The molecule has 3 aromatic rings. The van der Waals surface area contributed by atoms with Gasteiger partial charge in [0.1, 0.15) is 5.82 Å². The van der Waals surface area contributed by atoms with Crippen LogP contribution in [0.3, 0.4) is 0 Å². The van der Waals surface area contributed by atoms with Crippen LogP contribution in [-0.4, -0.2) is 25.5 Å². The van der Waals surface area contributed by atoms with Gasteiger partial charge in [-0.15, -0.1) is 0 Å². The quantitative estimate of drug-likeness (QED) is 0.536. The molecule has 31 heavy (non-hydrogen) atoms. The fraction of sp³-hybridized carbons (Fsp3) is 0.130. The molecule has 2 N–H and O–H groups in total. The van der Waals surface area contributed by atoms with Crippen LogP contribution in [0.4, 0.5) is 15.8 Å². The van der Waals surface area contributed by atoms with Crippen LogP contribution >= 0.6 is 11.6 Å². The number of ether oxygens (including phenoxy) is 2. The number of amides is 2. The van der Waals surface area contributed by atoms with Crippen LogP contribution in [0, 0.1) is 12.7 Å². The van der Waals surface area contributed by atoms with Gasteiger partial charge in [-0.3, -0.25) is 9.59 Å². The Hall–Kier alpha value is -3.58. The fourth-order valence-corrected chi connectivity index (χ4v) is 2.93. The van der Waals surface area contributed by atoms with Gasteiger partial charge >= 0.3 is 0 Å². The summed E-state index contributed by atoms with van der Waals surface area (Å²) in [6.45, 7) is 1.69. The summed E-state index contributed by atoms with van der Waals surface area (Å²) < 4.78 is 24.0. The van der Waals surface area contributed by atoms with Crippen molar-refractivity contribution in [1.29, 1.82) is 0 Å². The molecule has 3 aromatic carbocycles. The number of carbonyl (C=O) groups excluding carboxylic acids is 2. The summed E-state index contributed by atoms with van der Waals surface area (Å²) >= 11 is 5.73. The number of benzene rings is 3. The summed E-state index contributed by atoms with van der Waals surface area (Å²) in [6.07, 6.45) is 0. The van der Waals surface area contributed by atoms with E-state index in [-0.39, 0.29) is 11.6 Å². The SMILES string of the molecule is COc1cc(C)ccc1OCC(=O)Nc1cccc(C(=O)Nc2ccc(F)c(Cl)c2)c1. The second kappa shape index (κ2) is 9.95. The summed E-state index contributed by atoms with van der Waals surface area (Å²) in [6, 6.07) is 15.7. The Morgan fingerprint density at radius 1 is 0.968 bits per heavy atom. The molecule has 0 fully saturated rings. The van der Waals surface area contributed by atoms with E-state index in [1.807, 2.05) is 19.1 Å². The largest absolute Gasteiger partial charge is 0.493 e. The summed E-state index contributed by atoms with van der Waals surface area (Å²) in [5.74, 6) is -0.415. The lowest BCUT2D eigenvalue weighted by Gasteiger charge is -2.12. The minimum Gasteiger partial charge on any atom is -0.493 e. The predicted octanol–water partition coefficient (Wildman–Crippen LogP) is 5.07. The number of halogens is 2. The van der Waals surface area contributed by atoms with Crippen molar-refractivity contribution in [2.24, 2.45) is 0 Å². The normalized spacial score (nSPS) is 10.3. The van der Waals surface area contributed by atoms with Gasteiger partial charge in [-0.1, -0.05) is 23.7 Å². The lowest BCUT2D eigenvalue weighted by atomic mass is 10.2. The van der Waals surface area contributed by atoms with Crippen molar-refractivity contribution >= 4 is 34.8 Å². The van der Waals surface area contributed by atoms with Gasteiger partial charge in [0.05, 0.1) is 12.1 Å². The monoisotopic (exact) mass is 442 g/mol. The average molecular weight is 443 g/mol. The zero-order valence-corrected chi connectivity index (χ0v) is 17.6. The van der Waals surface area contributed by atoms with Crippen LogP contribution < -0.4 is 20.1 Å². The molecule has 0 radical (unpaired) electrons. The molecule has 0 unspecified atom stereocenters. The molecule has 0 aliphatic heterocycles. The predicted molar refractivity (Wildman–Crippen MR) is 118 cm³/mol. The van der Waals surface area contributed by atoms with E-state index in [1.165, 1.54) is 25.3 Å². The maximum atomic E-state index is 13.3. The number of anilines is 2. The average Bonchev–Trinajstić information content (AvgIpc) is 2.75. The van der Waals surface area contributed by atoms with Gasteiger partial charge in [0.15, 0.2) is 18.1 Å². The first kappa shape index (κ1) is 22.1. The molecule has 2 amide bonds. The van der Waals surface area contributed by atoms with Crippen molar-refractivity contribution in [3.8, 4) is 11.5 Å². The third-order valence-corrected chi connectivity index (χ3v) is 4.55. The first-order valence-corrected chi connectivity index (χ1v) is 9.67. The minimum atomic E-state index is -0.574. The molecule has 0 saturated heterocycles. The van der Waals surface area contributed by atoms with E-state index in [0.29, 0.717) is 28.4 Å². The van der Waals surface area contributed by atoms with Gasteiger partial charge in [0.25, 0.3) is 11.8 Å². The molecule has 6 nitrogen and oxygen atoms in total. The minimum absolute atomic E-state index is 0.0935. The highest BCUT2D eigenvalue weighted by atomic mass is 35.5.